The lowest BCUT2D eigenvalue weighted by atomic mass is 10.0. The van der Waals surface area contributed by atoms with Crippen LogP contribution < -0.4 is 15.0 Å². The zero-order chi connectivity index (χ0) is 22.8. The highest BCUT2D eigenvalue weighted by molar-refractivity contribution is 6.10. The van der Waals surface area contributed by atoms with Gasteiger partial charge in [0.05, 0.1) is 17.6 Å². The molecule has 3 aromatic carbocycles. The zero-order valence-corrected chi connectivity index (χ0v) is 18.2. The first-order chi connectivity index (χ1) is 16.2. The van der Waals surface area contributed by atoms with Gasteiger partial charge in [-0.15, -0.1) is 0 Å². The Morgan fingerprint density at radius 2 is 1.85 bits per heavy atom. The maximum atomic E-state index is 13.6. The van der Waals surface area contributed by atoms with Crippen LogP contribution in [-0.4, -0.2) is 36.2 Å². The van der Waals surface area contributed by atoms with E-state index >= 15 is 0 Å². The summed E-state index contributed by atoms with van der Waals surface area (Å²) < 4.78 is 11.5. The van der Waals surface area contributed by atoms with E-state index in [1.807, 2.05) is 55.5 Å². The molecule has 7 heteroatoms. The highest BCUT2D eigenvalue weighted by Crippen LogP contribution is 2.35. The summed E-state index contributed by atoms with van der Waals surface area (Å²) in [6.07, 6.45) is 0.0369. The van der Waals surface area contributed by atoms with Crippen LogP contribution in [0, 0.1) is 0 Å². The fourth-order valence-electron chi connectivity index (χ4n) is 3.95. The van der Waals surface area contributed by atoms with Crippen molar-refractivity contribution in [3.05, 3.63) is 78.4 Å². The number of rotatable bonds is 5. The molecule has 1 atom stereocenters. The van der Waals surface area contributed by atoms with Crippen LogP contribution in [0.4, 0.5) is 5.69 Å². The minimum atomic E-state index is -0.783. The summed E-state index contributed by atoms with van der Waals surface area (Å²) in [6, 6.07) is 22.2. The molecule has 2 amide bonds. The van der Waals surface area contributed by atoms with Crippen LogP contribution in [0.15, 0.2) is 77.3 Å². The molecule has 0 aliphatic carbocycles. The van der Waals surface area contributed by atoms with Gasteiger partial charge in [-0.25, -0.2) is 0 Å². The maximum absolute atomic E-state index is 13.6. The van der Waals surface area contributed by atoms with E-state index in [0.29, 0.717) is 34.8 Å². The Morgan fingerprint density at radius 3 is 2.67 bits per heavy atom. The summed E-state index contributed by atoms with van der Waals surface area (Å²) in [5.74, 6) is 0.662. The van der Waals surface area contributed by atoms with Gasteiger partial charge in [-0.2, -0.15) is 0 Å². The van der Waals surface area contributed by atoms with Crippen LogP contribution in [0.5, 0.6) is 5.75 Å². The average Bonchev–Trinajstić information content (AvgIpc) is 3.30. The zero-order valence-electron chi connectivity index (χ0n) is 18.2. The van der Waals surface area contributed by atoms with Gasteiger partial charge in [0.25, 0.3) is 11.8 Å². The van der Waals surface area contributed by atoms with Gasteiger partial charge in [0.2, 0.25) is 0 Å². The molecule has 5 rings (SSSR count). The van der Waals surface area contributed by atoms with Crippen LogP contribution in [-0.2, 0) is 4.79 Å². The predicted molar refractivity (Wildman–Crippen MR) is 125 cm³/mol. The topological polar surface area (TPSA) is 84.7 Å². The van der Waals surface area contributed by atoms with E-state index in [-0.39, 0.29) is 18.4 Å². The number of anilines is 1. The van der Waals surface area contributed by atoms with Crippen LogP contribution in [0.2, 0.25) is 0 Å². The first kappa shape index (κ1) is 20.8. The van der Waals surface area contributed by atoms with Crippen LogP contribution in [0.3, 0.4) is 0 Å². The molecule has 2 heterocycles. The number of nitrogens with zero attached hydrogens (tertiary/aromatic N) is 2. The first-order valence-corrected chi connectivity index (χ1v) is 11.0. The first-order valence-electron chi connectivity index (χ1n) is 11.0. The minimum absolute atomic E-state index is 0.124. The van der Waals surface area contributed by atoms with Gasteiger partial charge in [0.1, 0.15) is 11.3 Å². The van der Waals surface area contributed by atoms with E-state index in [1.54, 1.807) is 29.2 Å². The molecule has 0 saturated heterocycles. The number of benzene rings is 3. The van der Waals surface area contributed by atoms with Crippen molar-refractivity contribution in [3.8, 4) is 17.1 Å². The van der Waals surface area contributed by atoms with Crippen molar-refractivity contribution < 1.29 is 18.8 Å². The molecule has 1 aliphatic heterocycles. The summed E-state index contributed by atoms with van der Waals surface area (Å²) in [5.41, 5.74) is 2.67. The molecule has 4 aromatic rings. The summed E-state index contributed by atoms with van der Waals surface area (Å²) in [5, 5.41) is 7.75. The molecule has 33 heavy (non-hydrogen) atoms. The van der Waals surface area contributed by atoms with Gasteiger partial charge in [0.15, 0.2) is 11.9 Å². The minimum Gasteiger partial charge on any atom is -0.477 e. The third-order valence-electron chi connectivity index (χ3n) is 5.62. The molecule has 0 fully saturated rings. The summed E-state index contributed by atoms with van der Waals surface area (Å²) in [7, 11) is 0. The van der Waals surface area contributed by atoms with Crippen LogP contribution in [0.1, 0.15) is 23.7 Å². The lowest BCUT2D eigenvalue weighted by Gasteiger charge is -2.34. The van der Waals surface area contributed by atoms with Crippen molar-refractivity contribution in [3.63, 3.8) is 0 Å². The molecular weight excluding hydrogens is 418 g/mol. The monoisotopic (exact) mass is 441 g/mol. The van der Waals surface area contributed by atoms with E-state index in [4.69, 9.17) is 9.26 Å². The number of para-hydroxylation sites is 2. The highest BCUT2D eigenvalue weighted by atomic mass is 16.5. The molecule has 0 unspecified atom stereocenters. The van der Waals surface area contributed by atoms with Crippen molar-refractivity contribution >= 4 is 28.4 Å². The normalized spacial score (nSPS) is 15.1. The second kappa shape index (κ2) is 8.78. The Bertz CT molecular complexity index is 1320. The van der Waals surface area contributed by atoms with Gasteiger partial charge in [-0.05, 0) is 36.8 Å². The number of carbonyl (C=O) groups excluding carboxylic acids is 2. The second-order valence-corrected chi connectivity index (χ2v) is 7.89. The van der Waals surface area contributed by atoms with Gasteiger partial charge < -0.3 is 19.5 Å². The van der Waals surface area contributed by atoms with Gasteiger partial charge in [0, 0.05) is 17.7 Å². The molecule has 1 aliphatic rings. The SMILES string of the molecule is CCCNC(=O)[C@@H]1CN(C(=O)c2ccc3noc(-c4ccccc4)c3c2)c2ccccc2O1. The number of ether oxygens (including phenoxy) is 1. The van der Waals surface area contributed by atoms with Gasteiger partial charge >= 0.3 is 0 Å². The molecule has 0 radical (unpaired) electrons. The van der Waals surface area contributed by atoms with E-state index < -0.39 is 6.10 Å². The van der Waals surface area contributed by atoms with Crippen LogP contribution >= 0.6 is 0 Å². The fraction of sp³-hybridized carbons (Fsp3) is 0.192. The molecule has 7 nitrogen and oxygen atoms in total. The Morgan fingerprint density at radius 1 is 1.06 bits per heavy atom. The summed E-state index contributed by atoms with van der Waals surface area (Å²) in [6.45, 7) is 2.66. The Labute approximate surface area is 190 Å². The number of aromatic nitrogens is 1. The fourth-order valence-corrected chi connectivity index (χ4v) is 3.95. The smallest absolute Gasteiger partial charge is 0.262 e. The molecular formula is C26H23N3O4. The molecule has 1 N–H and O–H groups in total. The lowest BCUT2D eigenvalue weighted by molar-refractivity contribution is -0.127. The Kier molecular flexibility index (Phi) is 5.52. The molecule has 0 bridgehead atoms. The van der Waals surface area contributed by atoms with Gasteiger partial charge in [-0.3, -0.25) is 9.59 Å². The van der Waals surface area contributed by atoms with E-state index in [0.717, 1.165) is 17.4 Å². The van der Waals surface area contributed by atoms with Crippen molar-refractivity contribution in [2.45, 2.75) is 19.4 Å². The van der Waals surface area contributed by atoms with Crippen molar-refractivity contribution in [2.75, 3.05) is 18.0 Å². The number of nitrogens with one attached hydrogen (secondary N) is 1. The summed E-state index contributed by atoms with van der Waals surface area (Å²) in [4.78, 5) is 27.9. The van der Waals surface area contributed by atoms with Crippen LogP contribution in [0.25, 0.3) is 22.2 Å². The quantitative estimate of drug-likeness (QED) is 0.495. The average molecular weight is 441 g/mol. The van der Waals surface area contributed by atoms with Crippen molar-refractivity contribution in [1.29, 1.82) is 0 Å². The van der Waals surface area contributed by atoms with E-state index in [1.165, 1.54) is 0 Å². The number of hydrogen-bond acceptors (Lipinski definition) is 5. The van der Waals surface area contributed by atoms with Gasteiger partial charge in [-0.1, -0.05) is 54.5 Å². The Hall–Kier alpha value is -4.13. The highest BCUT2D eigenvalue weighted by Gasteiger charge is 2.34. The standard InChI is InChI=1S/C26H23N3O4/c1-2-14-27-25(30)23-16-29(21-10-6-7-11-22(21)32-23)26(31)18-12-13-20-19(15-18)24(33-28-20)17-8-4-3-5-9-17/h3-13,15,23H,2,14,16H2,1H3,(H,27,30)/t23-/m0/s1. The molecule has 1 aromatic heterocycles. The largest absolute Gasteiger partial charge is 0.477 e. The summed E-state index contributed by atoms with van der Waals surface area (Å²) >= 11 is 0. The molecule has 0 saturated carbocycles. The predicted octanol–water partition coefficient (Wildman–Crippen LogP) is 4.43. The maximum Gasteiger partial charge on any atom is 0.262 e. The van der Waals surface area contributed by atoms with Crippen molar-refractivity contribution in [2.24, 2.45) is 0 Å². The molecule has 0 spiro atoms. The third kappa shape index (κ3) is 3.93. The number of carbonyl (C=O) groups is 2. The van der Waals surface area contributed by atoms with E-state index in [2.05, 4.69) is 10.5 Å². The molecule has 166 valence electrons. The Balaban J connectivity index is 1.51. The van der Waals surface area contributed by atoms with E-state index in [9.17, 15) is 9.59 Å². The number of amides is 2. The lowest BCUT2D eigenvalue weighted by Crippen LogP contribution is -2.50. The second-order valence-electron chi connectivity index (χ2n) is 7.89. The number of fused-ring (bicyclic) bond motifs is 2. The number of hydrogen-bond donors (Lipinski definition) is 1. The third-order valence-corrected chi connectivity index (χ3v) is 5.62. The van der Waals surface area contributed by atoms with Crippen molar-refractivity contribution in [1.82, 2.24) is 10.5 Å².